The number of carbonyl (C=O) groups excluding carboxylic acids is 1. The van der Waals surface area contributed by atoms with Crippen LogP contribution < -0.4 is 10.6 Å². The van der Waals surface area contributed by atoms with Crippen molar-refractivity contribution in [1.82, 2.24) is 20.8 Å². The van der Waals surface area contributed by atoms with Gasteiger partial charge in [0.1, 0.15) is 0 Å². The van der Waals surface area contributed by atoms with E-state index in [-0.39, 0.29) is 5.91 Å². The van der Waals surface area contributed by atoms with Gasteiger partial charge in [-0.1, -0.05) is 0 Å². The van der Waals surface area contributed by atoms with Crippen LogP contribution in [0, 0.1) is 5.92 Å². The lowest BCUT2D eigenvalue weighted by Crippen LogP contribution is -2.33. The molecule has 6 nitrogen and oxygen atoms in total. The third kappa shape index (κ3) is 2.79. The number of nitrogens with zero attached hydrogens (tertiary/aromatic N) is 1. The standard InChI is InChI=1S/C13H20N4O2/c18-13(15-7-9-2-5-19-6-3-9)12-10-1-4-14-8-11(10)16-17-12/h9,14H,1-8H2,(H,15,18)(H,16,17). The van der Waals surface area contributed by atoms with Crippen LogP contribution in [0.2, 0.25) is 0 Å². The molecular weight excluding hydrogens is 244 g/mol. The molecule has 6 heteroatoms. The fourth-order valence-electron chi connectivity index (χ4n) is 2.70. The van der Waals surface area contributed by atoms with Gasteiger partial charge in [-0.25, -0.2) is 0 Å². The van der Waals surface area contributed by atoms with E-state index in [4.69, 9.17) is 4.74 Å². The van der Waals surface area contributed by atoms with E-state index < -0.39 is 0 Å². The summed E-state index contributed by atoms with van der Waals surface area (Å²) < 4.78 is 5.32. The number of carbonyl (C=O) groups is 1. The molecule has 0 radical (unpaired) electrons. The zero-order chi connectivity index (χ0) is 13.1. The van der Waals surface area contributed by atoms with Crippen molar-refractivity contribution in [3.05, 3.63) is 17.0 Å². The van der Waals surface area contributed by atoms with Gasteiger partial charge in [0.25, 0.3) is 5.91 Å². The quantitative estimate of drug-likeness (QED) is 0.729. The number of rotatable bonds is 3. The van der Waals surface area contributed by atoms with E-state index in [2.05, 4.69) is 20.8 Å². The second kappa shape index (κ2) is 5.71. The van der Waals surface area contributed by atoms with E-state index >= 15 is 0 Å². The molecule has 2 aliphatic rings. The molecule has 1 fully saturated rings. The third-order valence-electron chi connectivity index (χ3n) is 3.91. The third-order valence-corrected chi connectivity index (χ3v) is 3.91. The summed E-state index contributed by atoms with van der Waals surface area (Å²) in [5, 5.41) is 13.4. The van der Waals surface area contributed by atoms with Crippen molar-refractivity contribution in [2.75, 3.05) is 26.3 Å². The Morgan fingerprint density at radius 3 is 3.11 bits per heavy atom. The molecule has 104 valence electrons. The molecule has 0 spiro atoms. The molecule has 1 aromatic heterocycles. The summed E-state index contributed by atoms with van der Waals surface area (Å²) in [7, 11) is 0. The second-order valence-electron chi connectivity index (χ2n) is 5.22. The summed E-state index contributed by atoms with van der Waals surface area (Å²) in [5.41, 5.74) is 2.69. The van der Waals surface area contributed by atoms with Gasteiger partial charge in [-0.3, -0.25) is 9.89 Å². The SMILES string of the molecule is O=C(NCC1CCOCC1)c1n[nH]c2c1CCNC2. The Hall–Kier alpha value is -1.40. The molecule has 1 saturated heterocycles. The first-order valence-electron chi connectivity index (χ1n) is 6.97. The molecule has 2 aliphatic heterocycles. The molecule has 0 unspecified atom stereocenters. The lowest BCUT2D eigenvalue weighted by Gasteiger charge is -2.22. The van der Waals surface area contributed by atoms with Crippen LogP contribution in [-0.2, 0) is 17.7 Å². The normalized spacial score (nSPS) is 20.0. The van der Waals surface area contributed by atoms with Crippen LogP contribution in [0.25, 0.3) is 0 Å². The minimum Gasteiger partial charge on any atom is -0.381 e. The van der Waals surface area contributed by atoms with E-state index in [1.165, 1.54) is 0 Å². The highest BCUT2D eigenvalue weighted by molar-refractivity contribution is 5.94. The summed E-state index contributed by atoms with van der Waals surface area (Å²) >= 11 is 0. The molecule has 3 rings (SSSR count). The van der Waals surface area contributed by atoms with Crippen LogP contribution in [0.1, 0.15) is 34.6 Å². The molecule has 3 N–H and O–H groups in total. The Balaban J connectivity index is 1.59. The Morgan fingerprint density at radius 1 is 1.42 bits per heavy atom. The Morgan fingerprint density at radius 2 is 2.26 bits per heavy atom. The van der Waals surface area contributed by atoms with Gasteiger partial charge in [-0.05, 0) is 31.7 Å². The molecule has 0 aromatic carbocycles. The van der Waals surface area contributed by atoms with Crippen molar-refractivity contribution in [3.63, 3.8) is 0 Å². The maximum Gasteiger partial charge on any atom is 0.272 e. The summed E-state index contributed by atoms with van der Waals surface area (Å²) in [5.74, 6) is 0.486. The number of hydrogen-bond donors (Lipinski definition) is 3. The number of fused-ring (bicyclic) bond motifs is 1. The number of H-pyrrole nitrogens is 1. The average Bonchev–Trinajstić information content (AvgIpc) is 2.90. The monoisotopic (exact) mass is 264 g/mol. The van der Waals surface area contributed by atoms with Crippen LogP contribution in [0.3, 0.4) is 0 Å². The molecule has 1 amide bonds. The minimum absolute atomic E-state index is 0.0501. The van der Waals surface area contributed by atoms with E-state index in [0.29, 0.717) is 11.6 Å². The lowest BCUT2D eigenvalue weighted by molar-refractivity contribution is 0.0642. The smallest absolute Gasteiger partial charge is 0.272 e. The predicted octanol–water partition coefficient (Wildman–Crippen LogP) is 0.212. The fraction of sp³-hybridized carbons (Fsp3) is 0.692. The van der Waals surface area contributed by atoms with Crippen molar-refractivity contribution in [3.8, 4) is 0 Å². The fourth-order valence-corrected chi connectivity index (χ4v) is 2.70. The van der Waals surface area contributed by atoms with E-state index in [0.717, 1.165) is 63.4 Å². The molecule has 0 bridgehead atoms. The molecular formula is C13H20N4O2. The number of hydrogen-bond acceptors (Lipinski definition) is 4. The minimum atomic E-state index is -0.0501. The zero-order valence-corrected chi connectivity index (χ0v) is 11.0. The predicted molar refractivity (Wildman–Crippen MR) is 69.9 cm³/mol. The van der Waals surface area contributed by atoms with Gasteiger partial charge in [-0.2, -0.15) is 5.10 Å². The summed E-state index contributed by atoms with van der Waals surface area (Å²) in [6.07, 6.45) is 2.93. The van der Waals surface area contributed by atoms with Crippen LogP contribution in [0.15, 0.2) is 0 Å². The van der Waals surface area contributed by atoms with Gasteiger partial charge < -0.3 is 15.4 Å². The second-order valence-corrected chi connectivity index (χ2v) is 5.22. The van der Waals surface area contributed by atoms with Crippen molar-refractivity contribution in [1.29, 1.82) is 0 Å². The van der Waals surface area contributed by atoms with E-state index in [1.807, 2.05) is 0 Å². The van der Waals surface area contributed by atoms with Crippen molar-refractivity contribution >= 4 is 5.91 Å². The largest absolute Gasteiger partial charge is 0.381 e. The number of aromatic nitrogens is 2. The maximum absolute atomic E-state index is 12.2. The van der Waals surface area contributed by atoms with Crippen LogP contribution in [0.4, 0.5) is 0 Å². The highest BCUT2D eigenvalue weighted by Gasteiger charge is 2.22. The van der Waals surface area contributed by atoms with Gasteiger partial charge in [0.05, 0.1) is 5.69 Å². The highest BCUT2D eigenvalue weighted by Crippen LogP contribution is 2.16. The lowest BCUT2D eigenvalue weighted by atomic mass is 10.00. The molecule has 0 atom stereocenters. The van der Waals surface area contributed by atoms with E-state index in [9.17, 15) is 4.79 Å². The van der Waals surface area contributed by atoms with Gasteiger partial charge in [0, 0.05) is 31.9 Å². The van der Waals surface area contributed by atoms with Crippen molar-refractivity contribution in [2.24, 2.45) is 5.92 Å². The topological polar surface area (TPSA) is 79.0 Å². The summed E-state index contributed by atoms with van der Waals surface area (Å²) in [6.45, 7) is 4.03. The first-order valence-corrected chi connectivity index (χ1v) is 6.97. The number of aromatic amines is 1. The van der Waals surface area contributed by atoms with Crippen molar-refractivity contribution < 1.29 is 9.53 Å². The maximum atomic E-state index is 12.2. The average molecular weight is 264 g/mol. The van der Waals surface area contributed by atoms with Crippen molar-refractivity contribution in [2.45, 2.75) is 25.8 Å². The number of ether oxygens (including phenoxy) is 1. The first-order chi connectivity index (χ1) is 9.34. The van der Waals surface area contributed by atoms with E-state index in [1.54, 1.807) is 0 Å². The van der Waals surface area contributed by atoms with Gasteiger partial charge >= 0.3 is 0 Å². The highest BCUT2D eigenvalue weighted by atomic mass is 16.5. The Labute approximate surface area is 112 Å². The summed E-state index contributed by atoms with van der Waals surface area (Å²) in [4.78, 5) is 12.2. The van der Waals surface area contributed by atoms with Gasteiger partial charge in [-0.15, -0.1) is 0 Å². The van der Waals surface area contributed by atoms with Crippen LogP contribution in [0.5, 0.6) is 0 Å². The molecule has 0 saturated carbocycles. The Kier molecular flexibility index (Phi) is 3.79. The number of amides is 1. The first kappa shape index (κ1) is 12.6. The molecule has 0 aliphatic carbocycles. The van der Waals surface area contributed by atoms with Gasteiger partial charge in [0.2, 0.25) is 0 Å². The number of nitrogens with one attached hydrogen (secondary N) is 3. The summed E-state index contributed by atoms with van der Waals surface area (Å²) in [6, 6.07) is 0. The van der Waals surface area contributed by atoms with Crippen LogP contribution >= 0.6 is 0 Å². The molecule has 3 heterocycles. The molecule has 1 aromatic rings. The van der Waals surface area contributed by atoms with Gasteiger partial charge in [0.15, 0.2) is 5.69 Å². The molecule has 19 heavy (non-hydrogen) atoms. The van der Waals surface area contributed by atoms with Crippen LogP contribution in [-0.4, -0.2) is 42.4 Å². The Bertz CT molecular complexity index is 451. The zero-order valence-electron chi connectivity index (χ0n) is 11.0.